The van der Waals surface area contributed by atoms with Crippen LogP contribution in [-0.2, 0) is 6.54 Å². The van der Waals surface area contributed by atoms with Crippen LogP contribution in [0.25, 0.3) is 5.69 Å². The molecule has 0 aliphatic heterocycles. The maximum atomic E-state index is 14.6. The van der Waals surface area contributed by atoms with Crippen LogP contribution in [0.1, 0.15) is 16.8 Å². The molecule has 2 aromatic heterocycles. The minimum Gasteiger partial charge on any atom is -0.442 e. The summed E-state index contributed by atoms with van der Waals surface area (Å²) in [7, 11) is 0. The zero-order valence-electron chi connectivity index (χ0n) is 15.5. The quantitative estimate of drug-likeness (QED) is 0.417. The smallest absolute Gasteiger partial charge is 0.350 e. The topological polar surface area (TPSA) is 85.7 Å². The molecule has 0 spiro atoms. The van der Waals surface area contributed by atoms with Crippen LogP contribution in [-0.4, -0.2) is 19.3 Å². The first-order chi connectivity index (χ1) is 14.5. The number of hydrogen-bond donors (Lipinski definition) is 0. The molecule has 0 bridgehead atoms. The van der Waals surface area contributed by atoms with Crippen molar-refractivity contribution in [3.63, 3.8) is 0 Å². The summed E-state index contributed by atoms with van der Waals surface area (Å²) in [6, 6.07) is 13.3. The fourth-order valence-electron chi connectivity index (χ4n) is 2.82. The normalized spacial score (nSPS) is 10.7. The fourth-order valence-corrected chi connectivity index (χ4v) is 4.19. The second-order valence-corrected chi connectivity index (χ2v) is 8.52. The minimum atomic E-state index is -0.632. The number of thiazole rings is 1. The SMILES string of the molecule is Cc1nc(Br)sc1Oc1ccc(-n2ncn(Cc3ccccc3C#N)c2=O)cc1F. The van der Waals surface area contributed by atoms with Gasteiger partial charge in [-0.3, -0.25) is 4.57 Å². The maximum Gasteiger partial charge on any atom is 0.350 e. The molecule has 0 saturated heterocycles. The number of nitriles is 1. The Kier molecular flexibility index (Phi) is 5.48. The number of rotatable bonds is 5. The van der Waals surface area contributed by atoms with Crippen LogP contribution in [0.4, 0.5) is 4.39 Å². The molecular formula is C20H13BrFN5O2S. The lowest BCUT2D eigenvalue weighted by Gasteiger charge is -2.07. The van der Waals surface area contributed by atoms with Crippen LogP contribution < -0.4 is 10.4 Å². The summed E-state index contributed by atoms with van der Waals surface area (Å²) in [6.45, 7) is 1.95. The molecule has 150 valence electrons. The molecule has 4 aromatic rings. The number of aromatic nitrogens is 4. The zero-order chi connectivity index (χ0) is 21.3. The van der Waals surface area contributed by atoms with E-state index in [1.807, 2.05) is 0 Å². The number of halogens is 2. The number of hydrogen-bond acceptors (Lipinski definition) is 6. The van der Waals surface area contributed by atoms with Crippen LogP contribution in [0, 0.1) is 24.1 Å². The van der Waals surface area contributed by atoms with Crippen LogP contribution in [0.15, 0.2) is 57.5 Å². The van der Waals surface area contributed by atoms with Gasteiger partial charge in [-0.05, 0) is 46.6 Å². The van der Waals surface area contributed by atoms with Gasteiger partial charge in [0.25, 0.3) is 0 Å². The Morgan fingerprint density at radius 2 is 2.10 bits per heavy atom. The summed E-state index contributed by atoms with van der Waals surface area (Å²) < 4.78 is 23.3. The Hall–Kier alpha value is -3.29. The zero-order valence-corrected chi connectivity index (χ0v) is 17.9. The van der Waals surface area contributed by atoms with Gasteiger partial charge in [-0.15, -0.1) is 0 Å². The molecule has 0 unspecified atom stereocenters. The molecule has 10 heteroatoms. The van der Waals surface area contributed by atoms with E-state index < -0.39 is 11.5 Å². The average molecular weight is 486 g/mol. The third-order valence-corrected chi connectivity index (χ3v) is 5.79. The van der Waals surface area contributed by atoms with Gasteiger partial charge in [0.1, 0.15) is 6.33 Å². The van der Waals surface area contributed by atoms with Gasteiger partial charge < -0.3 is 4.74 Å². The van der Waals surface area contributed by atoms with Crippen molar-refractivity contribution in [1.29, 1.82) is 5.26 Å². The van der Waals surface area contributed by atoms with Gasteiger partial charge in [0.05, 0.1) is 29.6 Å². The first-order valence-corrected chi connectivity index (χ1v) is 10.3. The lowest BCUT2D eigenvalue weighted by molar-refractivity contribution is 0.448. The largest absolute Gasteiger partial charge is 0.442 e. The molecule has 0 radical (unpaired) electrons. The van der Waals surface area contributed by atoms with E-state index in [1.54, 1.807) is 37.3 Å². The average Bonchev–Trinajstić information content (AvgIpc) is 3.25. The molecule has 0 aliphatic rings. The van der Waals surface area contributed by atoms with E-state index in [-0.39, 0.29) is 18.0 Å². The third-order valence-electron chi connectivity index (χ3n) is 4.30. The monoisotopic (exact) mass is 485 g/mol. The Morgan fingerprint density at radius 1 is 1.30 bits per heavy atom. The molecule has 0 aliphatic carbocycles. The third kappa shape index (κ3) is 3.90. The number of aryl methyl sites for hydroxylation is 1. The molecule has 2 heterocycles. The number of ether oxygens (including phenoxy) is 1. The Balaban J connectivity index is 1.61. The summed E-state index contributed by atoms with van der Waals surface area (Å²) in [5.74, 6) is -0.610. The lowest BCUT2D eigenvalue weighted by atomic mass is 10.1. The summed E-state index contributed by atoms with van der Waals surface area (Å²) in [4.78, 5) is 16.9. The minimum absolute atomic E-state index is 0.0217. The predicted octanol–water partition coefficient (Wildman–Crippen LogP) is 4.41. The molecule has 0 amide bonds. The Morgan fingerprint density at radius 3 is 2.80 bits per heavy atom. The highest BCUT2D eigenvalue weighted by Crippen LogP contribution is 2.35. The first-order valence-electron chi connectivity index (χ1n) is 8.69. The van der Waals surface area contributed by atoms with Gasteiger partial charge >= 0.3 is 5.69 Å². The van der Waals surface area contributed by atoms with Crippen LogP contribution in [0.5, 0.6) is 10.8 Å². The van der Waals surface area contributed by atoms with E-state index in [1.165, 1.54) is 34.4 Å². The highest BCUT2D eigenvalue weighted by molar-refractivity contribution is 9.11. The van der Waals surface area contributed by atoms with Crippen molar-refractivity contribution in [1.82, 2.24) is 19.3 Å². The second-order valence-electron chi connectivity index (χ2n) is 6.28. The fraction of sp³-hybridized carbons (Fsp3) is 0.100. The highest BCUT2D eigenvalue weighted by atomic mass is 79.9. The van der Waals surface area contributed by atoms with Crippen molar-refractivity contribution in [3.8, 4) is 22.6 Å². The van der Waals surface area contributed by atoms with E-state index in [9.17, 15) is 14.4 Å². The molecule has 0 saturated carbocycles. The van der Waals surface area contributed by atoms with E-state index in [2.05, 4.69) is 32.1 Å². The van der Waals surface area contributed by atoms with Gasteiger partial charge in [-0.2, -0.15) is 15.0 Å². The molecular weight excluding hydrogens is 473 g/mol. The van der Waals surface area contributed by atoms with Gasteiger partial charge in [-0.1, -0.05) is 29.5 Å². The second kappa shape index (κ2) is 8.22. The van der Waals surface area contributed by atoms with E-state index >= 15 is 0 Å². The summed E-state index contributed by atoms with van der Waals surface area (Å²) in [6.07, 6.45) is 1.36. The van der Waals surface area contributed by atoms with Crippen molar-refractivity contribution in [2.45, 2.75) is 13.5 Å². The van der Waals surface area contributed by atoms with Crippen molar-refractivity contribution < 1.29 is 9.13 Å². The summed E-state index contributed by atoms with van der Waals surface area (Å²) >= 11 is 4.52. The number of benzene rings is 2. The first kappa shape index (κ1) is 20.0. The van der Waals surface area contributed by atoms with Crippen molar-refractivity contribution >= 4 is 27.3 Å². The van der Waals surface area contributed by atoms with Crippen LogP contribution in [0.2, 0.25) is 0 Å². The predicted molar refractivity (Wildman–Crippen MR) is 113 cm³/mol. The van der Waals surface area contributed by atoms with Crippen molar-refractivity contribution in [2.24, 2.45) is 0 Å². The molecule has 0 N–H and O–H groups in total. The highest BCUT2D eigenvalue weighted by Gasteiger charge is 2.15. The molecule has 0 fully saturated rings. The van der Waals surface area contributed by atoms with Gasteiger partial charge in [-0.25, -0.2) is 14.2 Å². The van der Waals surface area contributed by atoms with Gasteiger partial charge in [0, 0.05) is 6.07 Å². The summed E-state index contributed by atoms with van der Waals surface area (Å²) in [5, 5.41) is 13.8. The molecule has 7 nitrogen and oxygen atoms in total. The molecule has 30 heavy (non-hydrogen) atoms. The van der Waals surface area contributed by atoms with Crippen LogP contribution >= 0.6 is 27.3 Å². The number of nitrogens with zero attached hydrogens (tertiary/aromatic N) is 5. The molecule has 2 aromatic carbocycles. The summed E-state index contributed by atoms with van der Waals surface area (Å²) in [5.41, 5.74) is 1.64. The standard InChI is InChI=1S/C20H13BrFN5O2S/c1-12-18(30-19(21)25-12)29-17-7-6-15(8-16(17)22)27-20(28)26(11-24-27)10-14-5-3-2-4-13(14)9-23/h2-8,11H,10H2,1H3. The van der Waals surface area contributed by atoms with Crippen molar-refractivity contribution in [2.75, 3.05) is 0 Å². The van der Waals surface area contributed by atoms with E-state index in [4.69, 9.17) is 4.74 Å². The van der Waals surface area contributed by atoms with Gasteiger partial charge in [0.2, 0.25) is 5.06 Å². The molecule has 0 atom stereocenters. The van der Waals surface area contributed by atoms with E-state index in [0.29, 0.717) is 25.8 Å². The lowest BCUT2D eigenvalue weighted by Crippen LogP contribution is -2.24. The molecule has 4 rings (SSSR count). The maximum absolute atomic E-state index is 14.6. The van der Waals surface area contributed by atoms with Crippen molar-refractivity contribution in [3.05, 3.63) is 85.8 Å². The Labute approximate surface area is 182 Å². The Bertz CT molecular complexity index is 1340. The van der Waals surface area contributed by atoms with Crippen LogP contribution in [0.3, 0.4) is 0 Å². The van der Waals surface area contributed by atoms with E-state index in [0.717, 1.165) is 4.68 Å². The van der Waals surface area contributed by atoms with Gasteiger partial charge in [0.15, 0.2) is 15.5 Å².